The number of furan rings is 1. The minimum atomic E-state index is -0.408. The number of hydrogen-bond donors (Lipinski definition) is 0. The quantitative estimate of drug-likeness (QED) is 0.443. The summed E-state index contributed by atoms with van der Waals surface area (Å²) in [7, 11) is 0. The molecule has 0 bridgehead atoms. The third kappa shape index (κ3) is 3.35. The van der Waals surface area contributed by atoms with Crippen molar-refractivity contribution in [2.24, 2.45) is 0 Å². The van der Waals surface area contributed by atoms with E-state index in [1.807, 2.05) is 25.1 Å². The standard InChI is InChI=1S/C20H18BrN3O4/c1-13-17-12-14(21)2-7-18(17)28-19(13)20(25)23-10-8-22(9-11-23)15-3-5-16(6-4-15)24(26)27/h2-7,12H,8-11H2,1H3. The van der Waals surface area contributed by atoms with Gasteiger partial charge < -0.3 is 14.2 Å². The van der Waals surface area contributed by atoms with E-state index in [2.05, 4.69) is 20.8 Å². The zero-order valence-electron chi connectivity index (χ0n) is 15.2. The molecule has 2 aromatic carbocycles. The average Bonchev–Trinajstić information content (AvgIpc) is 3.03. The molecule has 0 unspecified atom stereocenters. The van der Waals surface area contributed by atoms with Crippen LogP contribution in [-0.2, 0) is 0 Å². The number of nitro benzene ring substituents is 1. The summed E-state index contributed by atoms with van der Waals surface area (Å²) in [6.07, 6.45) is 0. The predicted octanol–water partition coefficient (Wildman–Crippen LogP) is 4.37. The number of hydrogen-bond acceptors (Lipinski definition) is 5. The van der Waals surface area contributed by atoms with Gasteiger partial charge in [0.1, 0.15) is 5.58 Å². The number of carbonyl (C=O) groups excluding carboxylic acids is 1. The molecule has 0 atom stereocenters. The van der Waals surface area contributed by atoms with Crippen LogP contribution in [0.3, 0.4) is 0 Å². The number of non-ortho nitro benzene ring substituents is 1. The van der Waals surface area contributed by atoms with Crippen LogP contribution in [0.15, 0.2) is 51.4 Å². The second kappa shape index (κ2) is 7.27. The van der Waals surface area contributed by atoms with E-state index in [0.29, 0.717) is 37.5 Å². The highest BCUT2D eigenvalue weighted by Crippen LogP contribution is 2.29. The number of piperazine rings is 1. The van der Waals surface area contributed by atoms with Crippen LogP contribution in [0.2, 0.25) is 0 Å². The van der Waals surface area contributed by atoms with Crippen molar-refractivity contribution in [3.05, 3.63) is 68.4 Å². The van der Waals surface area contributed by atoms with Crippen molar-refractivity contribution in [1.82, 2.24) is 4.90 Å². The van der Waals surface area contributed by atoms with Gasteiger partial charge in [-0.2, -0.15) is 0 Å². The number of nitrogens with zero attached hydrogens (tertiary/aromatic N) is 3. The summed E-state index contributed by atoms with van der Waals surface area (Å²) in [5.41, 5.74) is 2.54. The monoisotopic (exact) mass is 443 g/mol. The highest BCUT2D eigenvalue weighted by Gasteiger charge is 2.27. The molecular weight excluding hydrogens is 426 g/mol. The molecule has 1 amide bonds. The highest BCUT2D eigenvalue weighted by molar-refractivity contribution is 9.10. The van der Waals surface area contributed by atoms with Gasteiger partial charge in [-0.25, -0.2) is 0 Å². The van der Waals surface area contributed by atoms with Gasteiger partial charge in [-0.3, -0.25) is 14.9 Å². The zero-order valence-corrected chi connectivity index (χ0v) is 16.8. The molecule has 7 nitrogen and oxygen atoms in total. The lowest BCUT2D eigenvalue weighted by Gasteiger charge is -2.35. The van der Waals surface area contributed by atoms with Gasteiger partial charge in [0.05, 0.1) is 4.92 Å². The summed E-state index contributed by atoms with van der Waals surface area (Å²) in [5, 5.41) is 11.7. The van der Waals surface area contributed by atoms with Gasteiger partial charge in [0.15, 0.2) is 5.76 Å². The minimum absolute atomic E-state index is 0.0737. The zero-order chi connectivity index (χ0) is 19.8. The number of anilines is 1. The van der Waals surface area contributed by atoms with Gasteiger partial charge in [0.2, 0.25) is 0 Å². The molecule has 3 aromatic rings. The Balaban J connectivity index is 1.47. The summed E-state index contributed by atoms with van der Waals surface area (Å²) in [6.45, 7) is 4.35. The summed E-state index contributed by atoms with van der Waals surface area (Å²) in [5.74, 6) is 0.282. The topological polar surface area (TPSA) is 79.8 Å². The van der Waals surface area contributed by atoms with E-state index >= 15 is 0 Å². The number of rotatable bonds is 3. The van der Waals surface area contributed by atoms with Crippen LogP contribution in [-0.4, -0.2) is 41.9 Å². The molecule has 1 aliphatic rings. The number of benzene rings is 2. The van der Waals surface area contributed by atoms with E-state index < -0.39 is 4.92 Å². The third-order valence-corrected chi connectivity index (χ3v) is 5.58. The first-order valence-corrected chi connectivity index (χ1v) is 9.70. The Morgan fingerprint density at radius 1 is 1.11 bits per heavy atom. The molecule has 0 spiro atoms. The van der Waals surface area contributed by atoms with Gasteiger partial charge in [-0.05, 0) is 37.3 Å². The van der Waals surface area contributed by atoms with Gasteiger partial charge in [-0.1, -0.05) is 15.9 Å². The molecule has 1 saturated heterocycles. The minimum Gasteiger partial charge on any atom is -0.451 e. The lowest BCUT2D eigenvalue weighted by molar-refractivity contribution is -0.384. The first kappa shape index (κ1) is 18.5. The van der Waals surface area contributed by atoms with Crippen LogP contribution >= 0.6 is 15.9 Å². The van der Waals surface area contributed by atoms with Crippen molar-refractivity contribution in [3.8, 4) is 0 Å². The Morgan fingerprint density at radius 2 is 1.79 bits per heavy atom. The Hall–Kier alpha value is -2.87. The van der Waals surface area contributed by atoms with Crippen molar-refractivity contribution < 1.29 is 14.1 Å². The summed E-state index contributed by atoms with van der Waals surface area (Å²) in [6, 6.07) is 12.2. The number of carbonyl (C=O) groups is 1. The van der Waals surface area contributed by atoms with Gasteiger partial charge >= 0.3 is 0 Å². The molecule has 0 N–H and O–H groups in total. The highest BCUT2D eigenvalue weighted by atomic mass is 79.9. The van der Waals surface area contributed by atoms with Crippen molar-refractivity contribution >= 4 is 44.2 Å². The normalized spacial score (nSPS) is 14.5. The molecule has 8 heteroatoms. The molecule has 2 heterocycles. The summed E-state index contributed by atoms with van der Waals surface area (Å²) in [4.78, 5) is 27.3. The molecule has 0 saturated carbocycles. The maximum absolute atomic E-state index is 13.0. The van der Waals surface area contributed by atoms with E-state index in [9.17, 15) is 14.9 Å². The molecule has 1 aromatic heterocycles. The SMILES string of the molecule is Cc1c(C(=O)N2CCN(c3ccc([N+](=O)[O-])cc3)CC2)oc2ccc(Br)cc12. The smallest absolute Gasteiger partial charge is 0.290 e. The van der Waals surface area contributed by atoms with E-state index in [1.165, 1.54) is 12.1 Å². The number of nitro groups is 1. The van der Waals surface area contributed by atoms with E-state index in [-0.39, 0.29) is 11.6 Å². The second-order valence-corrected chi connectivity index (χ2v) is 7.67. The average molecular weight is 444 g/mol. The van der Waals surface area contributed by atoms with Crippen LogP contribution in [0.5, 0.6) is 0 Å². The lowest BCUT2D eigenvalue weighted by atomic mass is 10.1. The van der Waals surface area contributed by atoms with Crippen molar-refractivity contribution in [2.75, 3.05) is 31.1 Å². The summed E-state index contributed by atoms with van der Waals surface area (Å²) < 4.78 is 6.77. The Bertz CT molecular complexity index is 1050. The number of halogens is 1. The summed E-state index contributed by atoms with van der Waals surface area (Å²) >= 11 is 3.45. The molecule has 4 rings (SSSR count). The lowest BCUT2D eigenvalue weighted by Crippen LogP contribution is -2.48. The molecule has 0 aliphatic carbocycles. The Kier molecular flexibility index (Phi) is 4.80. The maximum Gasteiger partial charge on any atom is 0.290 e. The first-order chi connectivity index (χ1) is 13.4. The Morgan fingerprint density at radius 3 is 2.43 bits per heavy atom. The van der Waals surface area contributed by atoms with E-state index in [1.54, 1.807) is 17.0 Å². The fourth-order valence-corrected chi connectivity index (χ4v) is 3.85. The van der Waals surface area contributed by atoms with E-state index in [0.717, 1.165) is 21.1 Å². The van der Waals surface area contributed by atoms with Crippen LogP contribution in [0.4, 0.5) is 11.4 Å². The predicted molar refractivity (Wildman–Crippen MR) is 110 cm³/mol. The van der Waals surface area contributed by atoms with Crippen molar-refractivity contribution in [2.45, 2.75) is 6.92 Å². The first-order valence-electron chi connectivity index (χ1n) is 8.91. The maximum atomic E-state index is 13.0. The molecule has 28 heavy (non-hydrogen) atoms. The van der Waals surface area contributed by atoms with Gasteiger partial charge in [0, 0.05) is 59.4 Å². The molecule has 1 fully saturated rings. The molecule has 144 valence electrons. The number of fused-ring (bicyclic) bond motifs is 1. The number of amides is 1. The largest absolute Gasteiger partial charge is 0.451 e. The van der Waals surface area contributed by atoms with Gasteiger partial charge in [-0.15, -0.1) is 0 Å². The van der Waals surface area contributed by atoms with Crippen LogP contribution in [0.1, 0.15) is 16.1 Å². The molecule has 1 aliphatic heterocycles. The van der Waals surface area contributed by atoms with E-state index in [4.69, 9.17) is 4.42 Å². The second-order valence-electron chi connectivity index (χ2n) is 6.75. The fourth-order valence-electron chi connectivity index (χ4n) is 3.49. The third-order valence-electron chi connectivity index (χ3n) is 5.09. The van der Waals surface area contributed by atoms with Crippen LogP contribution in [0.25, 0.3) is 11.0 Å². The van der Waals surface area contributed by atoms with Crippen molar-refractivity contribution in [3.63, 3.8) is 0 Å². The Labute approximate surface area is 169 Å². The molecule has 0 radical (unpaired) electrons. The molecular formula is C20H18BrN3O4. The van der Waals surface area contributed by atoms with Crippen LogP contribution < -0.4 is 4.90 Å². The van der Waals surface area contributed by atoms with Crippen LogP contribution in [0, 0.1) is 17.0 Å². The van der Waals surface area contributed by atoms with Gasteiger partial charge in [0.25, 0.3) is 11.6 Å². The number of aryl methyl sites for hydroxylation is 1. The fraction of sp³-hybridized carbons (Fsp3) is 0.250. The van der Waals surface area contributed by atoms with Crippen molar-refractivity contribution in [1.29, 1.82) is 0 Å².